The lowest BCUT2D eigenvalue weighted by molar-refractivity contribution is -0.148. The van der Waals surface area contributed by atoms with Crippen LogP contribution in [0.2, 0.25) is 0 Å². The number of unbranched alkanes of at least 4 members (excludes halogenated alkanes) is 3. The van der Waals surface area contributed by atoms with Gasteiger partial charge in [0.05, 0.1) is 12.5 Å². The predicted molar refractivity (Wildman–Crippen MR) is 83.6 cm³/mol. The van der Waals surface area contributed by atoms with Gasteiger partial charge in [-0.05, 0) is 31.7 Å². The Bertz CT molecular complexity index is 359. The molecule has 0 amide bonds. The maximum Gasteiger partial charge on any atom is 0.308 e. The van der Waals surface area contributed by atoms with Gasteiger partial charge in [0.2, 0.25) is 0 Å². The van der Waals surface area contributed by atoms with E-state index in [2.05, 4.69) is 31.2 Å². The van der Waals surface area contributed by atoms with E-state index >= 15 is 0 Å². The van der Waals surface area contributed by atoms with Gasteiger partial charge in [-0.1, -0.05) is 62.9 Å². The Morgan fingerprint density at radius 3 is 2.45 bits per heavy atom. The molecule has 0 radical (unpaired) electrons. The number of hydrogen-bond donors (Lipinski definition) is 0. The van der Waals surface area contributed by atoms with Crippen molar-refractivity contribution in [3.8, 4) is 0 Å². The van der Waals surface area contributed by atoms with Gasteiger partial charge in [0.1, 0.15) is 0 Å². The fourth-order valence-electron chi connectivity index (χ4n) is 2.44. The fraction of sp³-hybridized carbons (Fsp3) is 0.611. The van der Waals surface area contributed by atoms with Gasteiger partial charge in [0, 0.05) is 0 Å². The molecule has 0 fully saturated rings. The van der Waals surface area contributed by atoms with Gasteiger partial charge in [-0.15, -0.1) is 0 Å². The molecule has 0 saturated heterocycles. The van der Waals surface area contributed by atoms with E-state index in [1.54, 1.807) is 0 Å². The molecule has 0 aliphatic rings. The van der Waals surface area contributed by atoms with E-state index < -0.39 is 0 Å². The first-order valence-electron chi connectivity index (χ1n) is 7.98. The molecular weight excluding hydrogens is 248 g/mol. The van der Waals surface area contributed by atoms with E-state index in [4.69, 9.17) is 4.74 Å². The van der Waals surface area contributed by atoms with Crippen molar-refractivity contribution in [1.82, 2.24) is 0 Å². The monoisotopic (exact) mass is 276 g/mol. The molecule has 20 heavy (non-hydrogen) atoms. The summed E-state index contributed by atoms with van der Waals surface area (Å²) in [7, 11) is 0. The summed E-state index contributed by atoms with van der Waals surface area (Å²) in [6.07, 6.45) is 7.66. The Hall–Kier alpha value is -1.31. The van der Waals surface area contributed by atoms with Gasteiger partial charge in [-0.2, -0.15) is 0 Å². The van der Waals surface area contributed by atoms with Crippen molar-refractivity contribution < 1.29 is 9.53 Å². The molecule has 0 saturated carbocycles. The molecule has 2 nitrogen and oxygen atoms in total. The predicted octanol–water partition coefficient (Wildman–Crippen LogP) is 4.77. The van der Waals surface area contributed by atoms with E-state index in [1.807, 2.05) is 13.0 Å². The second kappa shape index (κ2) is 10.5. The topological polar surface area (TPSA) is 26.3 Å². The Labute approximate surface area is 123 Å². The molecule has 0 aliphatic carbocycles. The molecule has 1 atom stereocenters. The zero-order valence-electron chi connectivity index (χ0n) is 12.9. The van der Waals surface area contributed by atoms with Gasteiger partial charge in [-0.25, -0.2) is 0 Å². The fourth-order valence-corrected chi connectivity index (χ4v) is 2.44. The number of esters is 1. The molecule has 0 heterocycles. The van der Waals surface area contributed by atoms with Gasteiger partial charge in [-0.3, -0.25) is 4.79 Å². The van der Waals surface area contributed by atoms with E-state index in [0.717, 1.165) is 25.7 Å². The quantitative estimate of drug-likeness (QED) is 0.454. The third-order valence-corrected chi connectivity index (χ3v) is 3.65. The summed E-state index contributed by atoms with van der Waals surface area (Å²) in [4.78, 5) is 12.0. The first-order chi connectivity index (χ1) is 9.77. The summed E-state index contributed by atoms with van der Waals surface area (Å²) < 4.78 is 5.21. The van der Waals surface area contributed by atoms with Crippen LogP contribution in [0.1, 0.15) is 57.9 Å². The lowest BCUT2D eigenvalue weighted by Gasteiger charge is -2.15. The van der Waals surface area contributed by atoms with Crippen LogP contribution >= 0.6 is 0 Å². The minimum absolute atomic E-state index is 0.0140. The van der Waals surface area contributed by atoms with Crippen molar-refractivity contribution >= 4 is 5.97 Å². The minimum atomic E-state index is -0.0140. The number of hydrogen-bond acceptors (Lipinski definition) is 2. The number of carbonyl (C=O) groups is 1. The van der Waals surface area contributed by atoms with E-state index in [1.165, 1.54) is 24.8 Å². The molecule has 1 aromatic rings. The average Bonchev–Trinajstić information content (AvgIpc) is 2.47. The molecule has 0 bridgehead atoms. The van der Waals surface area contributed by atoms with E-state index in [9.17, 15) is 4.79 Å². The number of carbonyl (C=O) groups excluding carboxylic acids is 1. The van der Waals surface area contributed by atoms with Crippen LogP contribution in [0, 0.1) is 5.92 Å². The summed E-state index contributed by atoms with van der Waals surface area (Å²) in [5, 5.41) is 0. The second-order valence-electron chi connectivity index (χ2n) is 5.32. The second-order valence-corrected chi connectivity index (χ2v) is 5.32. The number of aryl methyl sites for hydroxylation is 1. The highest BCUT2D eigenvalue weighted by Gasteiger charge is 2.19. The first-order valence-corrected chi connectivity index (χ1v) is 7.98. The summed E-state index contributed by atoms with van der Waals surface area (Å²) in [6, 6.07) is 10.4. The van der Waals surface area contributed by atoms with Crippen molar-refractivity contribution in [1.29, 1.82) is 0 Å². The standard InChI is InChI=1S/C18H28O2/c1-3-5-6-10-13-17(18(19)20-4-2)15-14-16-11-8-7-9-12-16/h7-9,11-12,17H,3-6,10,13-15H2,1-2H3. The molecule has 0 aromatic heterocycles. The normalized spacial score (nSPS) is 12.1. The average molecular weight is 276 g/mol. The molecule has 2 heteroatoms. The summed E-state index contributed by atoms with van der Waals surface area (Å²) in [6.45, 7) is 4.57. The molecule has 1 rings (SSSR count). The first kappa shape index (κ1) is 16.7. The van der Waals surface area contributed by atoms with Crippen LogP contribution in [0.3, 0.4) is 0 Å². The van der Waals surface area contributed by atoms with E-state index in [-0.39, 0.29) is 11.9 Å². The van der Waals surface area contributed by atoms with Crippen LogP contribution in [0.4, 0.5) is 0 Å². The van der Waals surface area contributed by atoms with Crippen LogP contribution in [-0.4, -0.2) is 12.6 Å². The van der Waals surface area contributed by atoms with Crippen LogP contribution in [0.15, 0.2) is 30.3 Å². The minimum Gasteiger partial charge on any atom is -0.466 e. The maximum absolute atomic E-state index is 12.0. The highest BCUT2D eigenvalue weighted by atomic mass is 16.5. The van der Waals surface area contributed by atoms with Gasteiger partial charge in [0.25, 0.3) is 0 Å². The molecule has 112 valence electrons. The molecule has 1 aromatic carbocycles. The summed E-state index contributed by atoms with van der Waals surface area (Å²) in [5.74, 6) is 0.0481. The van der Waals surface area contributed by atoms with Crippen LogP contribution in [0.5, 0.6) is 0 Å². The van der Waals surface area contributed by atoms with Crippen LogP contribution in [-0.2, 0) is 16.0 Å². The molecule has 0 aliphatic heterocycles. The van der Waals surface area contributed by atoms with Crippen molar-refractivity contribution in [2.45, 2.75) is 58.8 Å². The third-order valence-electron chi connectivity index (χ3n) is 3.65. The Morgan fingerprint density at radius 1 is 1.05 bits per heavy atom. The van der Waals surface area contributed by atoms with Crippen molar-refractivity contribution in [3.05, 3.63) is 35.9 Å². The highest BCUT2D eigenvalue weighted by Crippen LogP contribution is 2.19. The smallest absolute Gasteiger partial charge is 0.308 e. The number of ether oxygens (including phenoxy) is 1. The zero-order valence-corrected chi connectivity index (χ0v) is 12.9. The Morgan fingerprint density at radius 2 is 1.80 bits per heavy atom. The van der Waals surface area contributed by atoms with Crippen LogP contribution in [0.25, 0.3) is 0 Å². The number of rotatable bonds is 10. The van der Waals surface area contributed by atoms with Gasteiger partial charge < -0.3 is 4.74 Å². The molecule has 0 N–H and O–H groups in total. The van der Waals surface area contributed by atoms with Crippen LogP contribution < -0.4 is 0 Å². The Kier molecular flexibility index (Phi) is 8.77. The Balaban J connectivity index is 2.42. The lowest BCUT2D eigenvalue weighted by atomic mass is 9.94. The van der Waals surface area contributed by atoms with Gasteiger partial charge >= 0.3 is 5.97 Å². The maximum atomic E-state index is 12.0. The van der Waals surface area contributed by atoms with Crippen molar-refractivity contribution in [3.63, 3.8) is 0 Å². The SMILES string of the molecule is CCCCCCC(CCc1ccccc1)C(=O)OCC. The zero-order chi connectivity index (χ0) is 14.6. The van der Waals surface area contributed by atoms with Crippen molar-refractivity contribution in [2.24, 2.45) is 5.92 Å². The highest BCUT2D eigenvalue weighted by molar-refractivity contribution is 5.72. The van der Waals surface area contributed by atoms with Crippen molar-refractivity contribution in [2.75, 3.05) is 6.61 Å². The number of benzene rings is 1. The van der Waals surface area contributed by atoms with Gasteiger partial charge in [0.15, 0.2) is 0 Å². The third kappa shape index (κ3) is 6.74. The lowest BCUT2D eigenvalue weighted by Crippen LogP contribution is -2.18. The largest absolute Gasteiger partial charge is 0.466 e. The molecule has 1 unspecified atom stereocenters. The summed E-state index contributed by atoms with van der Waals surface area (Å²) >= 11 is 0. The molecular formula is C18H28O2. The summed E-state index contributed by atoms with van der Waals surface area (Å²) in [5.41, 5.74) is 1.30. The molecule has 0 spiro atoms. The van der Waals surface area contributed by atoms with E-state index in [0.29, 0.717) is 6.61 Å².